The van der Waals surface area contributed by atoms with Gasteiger partial charge in [0, 0.05) is 12.2 Å². The second-order valence-corrected chi connectivity index (χ2v) is 5.13. The molecule has 1 aromatic carbocycles. The molecule has 3 rings (SSSR count). The molecule has 1 aliphatic heterocycles. The van der Waals surface area contributed by atoms with Crippen molar-refractivity contribution in [2.24, 2.45) is 0 Å². The highest BCUT2D eigenvalue weighted by Crippen LogP contribution is 2.28. The van der Waals surface area contributed by atoms with E-state index in [1.54, 1.807) is 0 Å². The molecule has 0 amide bonds. The van der Waals surface area contributed by atoms with Gasteiger partial charge in [0.2, 0.25) is 11.9 Å². The molecule has 2 heterocycles. The molecular weight excluding hydrogens is 252 g/mol. The van der Waals surface area contributed by atoms with Crippen LogP contribution < -0.4 is 16.4 Å². The van der Waals surface area contributed by atoms with Gasteiger partial charge in [-0.05, 0) is 31.4 Å². The van der Waals surface area contributed by atoms with Crippen LogP contribution in [0.5, 0.6) is 0 Å². The Morgan fingerprint density at radius 3 is 2.65 bits per heavy atom. The van der Waals surface area contributed by atoms with Gasteiger partial charge in [0.1, 0.15) is 0 Å². The first-order valence-electron chi connectivity index (χ1n) is 6.72. The molecule has 6 heteroatoms. The number of nitrogen functional groups attached to an aromatic ring is 2. The predicted octanol–water partition coefficient (Wildman–Crippen LogP) is 1.30. The van der Waals surface area contributed by atoms with E-state index in [1.165, 1.54) is 16.8 Å². The van der Waals surface area contributed by atoms with Gasteiger partial charge in [0.25, 0.3) is 0 Å². The van der Waals surface area contributed by atoms with Crippen LogP contribution in [-0.2, 0) is 13.0 Å². The number of hydrogen-bond acceptors (Lipinski definition) is 6. The number of aryl methyl sites for hydroxylation is 2. The second-order valence-electron chi connectivity index (χ2n) is 5.13. The van der Waals surface area contributed by atoms with Crippen molar-refractivity contribution >= 4 is 17.6 Å². The smallest absolute Gasteiger partial charge is 0.225 e. The summed E-state index contributed by atoms with van der Waals surface area (Å²) in [5.41, 5.74) is 15.2. The van der Waals surface area contributed by atoms with Crippen LogP contribution in [0, 0.1) is 6.92 Å². The molecule has 0 radical (unpaired) electrons. The van der Waals surface area contributed by atoms with Crippen LogP contribution in [-0.4, -0.2) is 21.5 Å². The maximum absolute atomic E-state index is 5.62. The summed E-state index contributed by atoms with van der Waals surface area (Å²) in [6.07, 6.45) is 2.25. The Bertz CT molecular complexity index is 619. The Balaban J connectivity index is 1.89. The highest BCUT2D eigenvalue weighted by molar-refractivity contribution is 5.56. The van der Waals surface area contributed by atoms with Gasteiger partial charge in [0.15, 0.2) is 5.82 Å². The van der Waals surface area contributed by atoms with Crippen LogP contribution in [0.4, 0.5) is 17.6 Å². The molecule has 20 heavy (non-hydrogen) atoms. The third-order valence-electron chi connectivity index (χ3n) is 3.50. The van der Waals surface area contributed by atoms with Gasteiger partial charge in [-0.1, -0.05) is 17.7 Å². The summed E-state index contributed by atoms with van der Waals surface area (Å²) in [6.45, 7) is 3.71. The summed E-state index contributed by atoms with van der Waals surface area (Å²) in [5, 5.41) is 0. The molecule has 0 saturated carbocycles. The van der Waals surface area contributed by atoms with Crippen molar-refractivity contribution in [1.29, 1.82) is 0 Å². The molecular formula is C14H18N6. The van der Waals surface area contributed by atoms with Crippen LogP contribution >= 0.6 is 0 Å². The highest BCUT2D eigenvalue weighted by Gasteiger charge is 2.18. The van der Waals surface area contributed by atoms with E-state index in [2.05, 4.69) is 45.0 Å². The van der Waals surface area contributed by atoms with Crippen molar-refractivity contribution in [3.05, 3.63) is 35.2 Å². The first-order valence-corrected chi connectivity index (χ1v) is 6.72. The number of nitrogens with two attached hydrogens (primary N) is 2. The van der Waals surface area contributed by atoms with Crippen molar-refractivity contribution in [3.8, 4) is 0 Å². The SMILES string of the molecule is Cc1ccc2c(c1)CCCN2Cc1nc(N)nc(N)n1. The van der Waals surface area contributed by atoms with Crippen LogP contribution in [0.1, 0.15) is 23.4 Å². The Hall–Kier alpha value is -2.37. The molecule has 4 N–H and O–H groups in total. The monoisotopic (exact) mass is 270 g/mol. The van der Waals surface area contributed by atoms with Gasteiger partial charge in [-0.3, -0.25) is 0 Å². The second kappa shape index (κ2) is 4.96. The van der Waals surface area contributed by atoms with E-state index in [1.807, 2.05) is 0 Å². The van der Waals surface area contributed by atoms with E-state index in [9.17, 15) is 0 Å². The maximum atomic E-state index is 5.62. The first kappa shape index (κ1) is 12.7. The zero-order valence-electron chi connectivity index (χ0n) is 11.5. The molecule has 2 aromatic rings. The standard InChI is InChI=1S/C14H18N6/c1-9-4-5-11-10(7-9)3-2-6-20(11)8-12-17-13(15)19-14(16)18-12/h4-5,7H,2-3,6,8H2,1H3,(H4,15,16,17,18,19). The lowest BCUT2D eigenvalue weighted by Crippen LogP contribution is -2.30. The van der Waals surface area contributed by atoms with E-state index in [0.29, 0.717) is 12.4 Å². The summed E-state index contributed by atoms with van der Waals surface area (Å²) in [5.74, 6) is 0.964. The van der Waals surface area contributed by atoms with Gasteiger partial charge >= 0.3 is 0 Å². The summed E-state index contributed by atoms with van der Waals surface area (Å²) in [4.78, 5) is 14.4. The van der Waals surface area contributed by atoms with E-state index < -0.39 is 0 Å². The van der Waals surface area contributed by atoms with Crippen molar-refractivity contribution in [2.75, 3.05) is 22.9 Å². The number of anilines is 3. The minimum atomic E-state index is 0.175. The molecule has 1 aliphatic rings. The fourth-order valence-electron chi connectivity index (χ4n) is 2.67. The molecule has 0 aliphatic carbocycles. The summed E-state index contributed by atoms with van der Waals surface area (Å²) < 4.78 is 0. The van der Waals surface area contributed by atoms with Gasteiger partial charge in [-0.2, -0.15) is 15.0 Å². The molecule has 0 fully saturated rings. The normalized spacial score (nSPS) is 14.2. The van der Waals surface area contributed by atoms with Crippen LogP contribution in [0.2, 0.25) is 0 Å². The van der Waals surface area contributed by atoms with E-state index in [0.717, 1.165) is 19.4 Å². The largest absolute Gasteiger partial charge is 0.368 e. The minimum absolute atomic E-state index is 0.175. The fourth-order valence-corrected chi connectivity index (χ4v) is 2.67. The Kier molecular flexibility index (Phi) is 3.14. The third kappa shape index (κ3) is 2.49. The lowest BCUT2D eigenvalue weighted by atomic mass is 9.99. The summed E-state index contributed by atoms with van der Waals surface area (Å²) in [6, 6.07) is 6.54. The Morgan fingerprint density at radius 2 is 1.90 bits per heavy atom. The lowest BCUT2D eigenvalue weighted by Gasteiger charge is -2.31. The molecule has 1 aromatic heterocycles. The molecule has 6 nitrogen and oxygen atoms in total. The van der Waals surface area contributed by atoms with E-state index in [4.69, 9.17) is 11.5 Å². The molecule has 0 atom stereocenters. The topological polar surface area (TPSA) is 94.0 Å². The van der Waals surface area contributed by atoms with Crippen LogP contribution in [0.3, 0.4) is 0 Å². The molecule has 104 valence electrons. The predicted molar refractivity (Wildman–Crippen MR) is 79.2 cm³/mol. The van der Waals surface area contributed by atoms with Gasteiger partial charge in [-0.15, -0.1) is 0 Å². The van der Waals surface area contributed by atoms with Crippen molar-refractivity contribution in [1.82, 2.24) is 15.0 Å². The van der Waals surface area contributed by atoms with E-state index >= 15 is 0 Å². The number of rotatable bonds is 2. The average Bonchev–Trinajstić information content (AvgIpc) is 2.37. The van der Waals surface area contributed by atoms with Gasteiger partial charge < -0.3 is 16.4 Å². The van der Waals surface area contributed by atoms with Gasteiger partial charge in [0.05, 0.1) is 6.54 Å². The number of nitrogens with zero attached hydrogens (tertiary/aromatic N) is 4. The molecule has 0 spiro atoms. The quantitative estimate of drug-likeness (QED) is 0.854. The molecule has 0 saturated heterocycles. The maximum Gasteiger partial charge on any atom is 0.225 e. The highest BCUT2D eigenvalue weighted by atomic mass is 15.2. The first-order chi connectivity index (χ1) is 9.61. The lowest BCUT2D eigenvalue weighted by molar-refractivity contribution is 0.672. The summed E-state index contributed by atoms with van der Waals surface area (Å²) >= 11 is 0. The molecule has 0 bridgehead atoms. The van der Waals surface area contributed by atoms with E-state index in [-0.39, 0.29) is 11.9 Å². The Labute approximate surface area is 117 Å². The van der Waals surface area contributed by atoms with Crippen LogP contribution in [0.15, 0.2) is 18.2 Å². The van der Waals surface area contributed by atoms with Crippen molar-refractivity contribution < 1.29 is 0 Å². The average molecular weight is 270 g/mol. The fraction of sp³-hybridized carbons (Fsp3) is 0.357. The minimum Gasteiger partial charge on any atom is -0.368 e. The number of benzene rings is 1. The Morgan fingerprint density at radius 1 is 1.15 bits per heavy atom. The number of fused-ring (bicyclic) bond motifs is 1. The molecule has 0 unspecified atom stereocenters. The van der Waals surface area contributed by atoms with Gasteiger partial charge in [-0.25, -0.2) is 0 Å². The zero-order valence-corrected chi connectivity index (χ0v) is 11.5. The van der Waals surface area contributed by atoms with Crippen molar-refractivity contribution in [3.63, 3.8) is 0 Å². The number of aromatic nitrogens is 3. The summed E-state index contributed by atoms with van der Waals surface area (Å²) in [7, 11) is 0. The number of hydrogen-bond donors (Lipinski definition) is 2. The third-order valence-corrected chi connectivity index (χ3v) is 3.50. The van der Waals surface area contributed by atoms with Crippen molar-refractivity contribution in [2.45, 2.75) is 26.3 Å². The zero-order chi connectivity index (χ0) is 14.1. The van der Waals surface area contributed by atoms with Crippen LogP contribution in [0.25, 0.3) is 0 Å².